The lowest BCUT2D eigenvalue weighted by Gasteiger charge is -2.52. The van der Waals surface area contributed by atoms with Crippen LogP contribution in [0.2, 0.25) is 0 Å². The van der Waals surface area contributed by atoms with E-state index >= 15 is 0 Å². The van der Waals surface area contributed by atoms with E-state index in [0.717, 1.165) is 65.2 Å². The predicted molar refractivity (Wildman–Crippen MR) is 378 cm³/mol. The molecule has 0 radical (unpaired) electrons. The SMILES string of the molecule is CCCCCCCCCCCCC/C=C/[C@@H](O)[C@H](CO[C@@H]1O[C@H](CO)[C@@H](O[C@@H]2O[C@H](CO)[C@H](O[C@@H]3O[C@H](CO)[C@H](O)[C@H](O)[C@H]3NC(C)=O)[C@H](O[C@]3(C(=O)O)C[C@H](O)[C@@H](NC(C)=O)C([C@H](O)[C@H](O)CO)O3)[C@H]2O)[C@H](O)[C@H]1O)NC(=O)CCCCCCCCCCCCCCCCCCCCCCCC. The number of hydrogen-bond donors (Lipinski definition) is 17. The Kier molecular flexibility index (Phi) is 46.5. The van der Waals surface area contributed by atoms with E-state index in [1.165, 1.54) is 154 Å². The van der Waals surface area contributed by atoms with Crippen LogP contribution in [0.25, 0.3) is 0 Å². The highest BCUT2D eigenvalue weighted by Crippen LogP contribution is 2.40. The quantitative estimate of drug-likeness (QED) is 0.0303. The highest BCUT2D eigenvalue weighted by molar-refractivity contribution is 5.77. The first kappa shape index (κ1) is 92.2. The van der Waals surface area contributed by atoms with Crippen LogP contribution < -0.4 is 16.0 Å². The van der Waals surface area contributed by atoms with Gasteiger partial charge in [-0.2, -0.15) is 0 Å². The second-order valence-corrected chi connectivity index (χ2v) is 28.9. The average molecular weight is 1480 g/mol. The minimum absolute atomic E-state index is 0.163. The first-order chi connectivity index (χ1) is 49.5. The second kappa shape index (κ2) is 52.0. The van der Waals surface area contributed by atoms with E-state index in [0.29, 0.717) is 12.8 Å². The van der Waals surface area contributed by atoms with Gasteiger partial charge in [-0.15, -0.1) is 0 Å². The fraction of sp³-hybridized carbons (Fsp3) is 0.919. The number of nitrogens with one attached hydrogen (secondary N) is 3. The number of carboxylic acids is 1. The average Bonchev–Trinajstić information content (AvgIpc) is 0.753. The molecule has 0 aromatic heterocycles. The van der Waals surface area contributed by atoms with Gasteiger partial charge in [0.1, 0.15) is 91.5 Å². The van der Waals surface area contributed by atoms with Crippen LogP contribution in [0.3, 0.4) is 0 Å². The molecule has 0 bridgehead atoms. The maximum Gasteiger partial charge on any atom is 0.364 e. The summed E-state index contributed by atoms with van der Waals surface area (Å²) >= 11 is 0. The number of aliphatic hydroxyl groups excluding tert-OH is 13. The van der Waals surface area contributed by atoms with Crippen molar-refractivity contribution in [1.29, 1.82) is 0 Å². The van der Waals surface area contributed by atoms with Crippen LogP contribution in [0.15, 0.2) is 12.2 Å². The molecule has 29 nitrogen and oxygen atoms in total. The molecule has 4 aliphatic heterocycles. The zero-order valence-corrected chi connectivity index (χ0v) is 62.0. The van der Waals surface area contributed by atoms with Gasteiger partial charge in [-0.3, -0.25) is 14.4 Å². The molecule has 17 N–H and O–H groups in total. The molecule has 4 rings (SSSR count). The summed E-state index contributed by atoms with van der Waals surface area (Å²) in [5.41, 5.74) is 0. The van der Waals surface area contributed by atoms with E-state index in [4.69, 9.17) is 37.9 Å². The van der Waals surface area contributed by atoms with Crippen molar-refractivity contribution < 1.29 is 129 Å². The molecule has 4 saturated heterocycles. The minimum Gasteiger partial charge on any atom is -0.477 e. The van der Waals surface area contributed by atoms with Crippen molar-refractivity contribution in [3.05, 3.63) is 12.2 Å². The first-order valence-corrected chi connectivity index (χ1v) is 39.1. The summed E-state index contributed by atoms with van der Waals surface area (Å²) in [4.78, 5) is 52.0. The molecule has 3 amide bonds. The van der Waals surface area contributed by atoms with Gasteiger partial charge in [-0.25, -0.2) is 4.79 Å². The van der Waals surface area contributed by atoms with Crippen molar-refractivity contribution >= 4 is 23.7 Å². The highest BCUT2D eigenvalue weighted by atomic mass is 16.8. The van der Waals surface area contributed by atoms with Gasteiger partial charge in [0.05, 0.1) is 57.3 Å². The molecule has 4 fully saturated rings. The normalized spacial score (nSPS) is 31.0. The molecule has 1 unspecified atom stereocenters. The van der Waals surface area contributed by atoms with Crippen LogP contribution in [0.5, 0.6) is 0 Å². The van der Waals surface area contributed by atoms with Crippen LogP contribution in [0.4, 0.5) is 0 Å². The lowest BCUT2D eigenvalue weighted by atomic mass is 9.88. The molecule has 0 aromatic rings. The Morgan fingerprint density at radius 1 is 0.505 bits per heavy atom. The van der Waals surface area contributed by atoms with Crippen LogP contribution in [0.1, 0.15) is 259 Å². The maximum absolute atomic E-state index is 13.6. The van der Waals surface area contributed by atoms with Gasteiger partial charge >= 0.3 is 5.97 Å². The van der Waals surface area contributed by atoms with E-state index in [1.54, 1.807) is 6.08 Å². The summed E-state index contributed by atoms with van der Waals surface area (Å²) in [7, 11) is 0. The van der Waals surface area contributed by atoms with E-state index in [1.807, 2.05) is 6.08 Å². The molecule has 0 aliphatic carbocycles. The number of ether oxygens (including phenoxy) is 8. The second-order valence-electron chi connectivity index (χ2n) is 28.9. The number of carbonyl (C=O) groups is 4. The van der Waals surface area contributed by atoms with Crippen molar-refractivity contribution in [1.82, 2.24) is 16.0 Å². The fourth-order valence-corrected chi connectivity index (χ4v) is 14.1. The molecule has 0 saturated carbocycles. The maximum atomic E-state index is 13.6. The number of aliphatic carboxylic acids is 1. The Morgan fingerprint density at radius 2 is 0.942 bits per heavy atom. The Hall–Kier alpha value is -3.22. The molecule has 0 spiro atoms. The van der Waals surface area contributed by atoms with E-state index in [-0.39, 0.29) is 12.3 Å². The summed E-state index contributed by atoms with van der Waals surface area (Å²) < 4.78 is 48.0. The van der Waals surface area contributed by atoms with E-state index in [9.17, 15) is 90.7 Å². The third-order valence-corrected chi connectivity index (χ3v) is 20.2. The van der Waals surface area contributed by atoms with E-state index in [2.05, 4.69) is 29.8 Å². The summed E-state index contributed by atoms with van der Waals surface area (Å²) in [6, 6.07) is -4.52. The highest BCUT2D eigenvalue weighted by Gasteiger charge is 2.62. The van der Waals surface area contributed by atoms with Crippen LogP contribution >= 0.6 is 0 Å². The van der Waals surface area contributed by atoms with Crippen molar-refractivity contribution in [3.63, 3.8) is 0 Å². The number of hydrogen-bond acceptors (Lipinski definition) is 25. The smallest absolute Gasteiger partial charge is 0.364 e. The number of carboxylic acid groups (broad SMARTS) is 1. The molecule has 103 heavy (non-hydrogen) atoms. The van der Waals surface area contributed by atoms with Crippen molar-refractivity contribution in [2.24, 2.45) is 0 Å². The Morgan fingerprint density at radius 3 is 1.41 bits per heavy atom. The fourth-order valence-electron chi connectivity index (χ4n) is 14.1. The van der Waals surface area contributed by atoms with Gasteiger partial charge in [0.2, 0.25) is 17.7 Å². The monoisotopic (exact) mass is 1480 g/mol. The molecular weight excluding hydrogens is 1350 g/mol. The predicted octanol–water partition coefficient (Wildman–Crippen LogP) is 3.86. The molecule has 602 valence electrons. The van der Waals surface area contributed by atoms with Crippen molar-refractivity contribution in [2.75, 3.05) is 33.0 Å². The lowest BCUT2D eigenvalue weighted by Crippen LogP contribution is -2.72. The Balaban J connectivity index is 1.46. The third kappa shape index (κ3) is 32.1. The number of carbonyl (C=O) groups excluding carboxylic acids is 3. The summed E-state index contributed by atoms with van der Waals surface area (Å²) in [5.74, 6) is -7.36. The van der Waals surface area contributed by atoms with Gasteiger partial charge < -0.3 is 125 Å². The minimum atomic E-state index is -3.28. The topological polar surface area (TPSA) is 461 Å². The first-order valence-electron chi connectivity index (χ1n) is 39.1. The zero-order valence-electron chi connectivity index (χ0n) is 62.0. The summed E-state index contributed by atoms with van der Waals surface area (Å²) in [6.07, 6.45) is 5.16. The number of aliphatic hydroxyl groups is 13. The summed E-state index contributed by atoms with van der Waals surface area (Å²) in [5, 5.41) is 163. The van der Waals surface area contributed by atoms with Gasteiger partial charge in [0.15, 0.2) is 18.9 Å². The largest absolute Gasteiger partial charge is 0.477 e. The molecular formula is C74H135N3O26. The van der Waals surface area contributed by atoms with E-state index < -0.39 is 198 Å². The van der Waals surface area contributed by atoms with Gasteiger partial charge in [-0.1, -0.05) is 225 Å². The standard InChI is InChI=1S/C74H135N3O26/c1-5-7-9-11-13-15-17-19-20-21-22-23-24-25-26-27-29-31-33-35-37-39-41-57(87)77-50(51(84)40-38-36-34-32-30-28-18-16-14-12-10-8-6-2)47-96-71-64(92)63(91)66(55(45-80)98-71)100-72-65(93)69(67(56(46-81)99-72)101-70-59(76-49(4)83)62(90)61(89)54(44-79)97-70)103-74(73(94)95)42-52(85)58(75-48(3)82)68(102-74)60(88)53(86)43-78/h38,40,50-56,58-72,78-81,84-86,88-93H,5-37,39,41-47H2,1-4H3,(H,75,82)(H,76,83)(H,77,87)(H,94,95)/b40-38+/t50-,51+,52-,53+,54+,55+,56+,58+,59+,60+,61-,62+,63+,64+,65+,66+,67-,68?,69+,70-,71+,72-,74-/m0/s1. The third-order valence-electron chi connectivity index (χ3n) is 20.2. The molecule has 4 heterocycles. The number of allylic oxidation sites excluding steroid dienone is 1. The molecule has 23 atom stereocenters. The molecule has 0 aromatic carbocycles. The summed E-state index contributed by atoms with van der Waals surface area (Å²) in [6.45, 7) is 1.77. The van der Waals surface area contributed by atoms with Crippen molar-refractivity contribution in [2.45, 2.75) is 399 Å². The Labute approximate surface area is 610 Å². The van der Waals surface area contributed by atoms with Crippen molar-refractivity contribution in [3.8, 4) is 0 Å². The Bertz CT molecular complexity index is 2300. The zero-order chi connectivity index (χ0) is 75.7. The van der Waals surface area contributed by atoms with Gasteiger partial charge in [-0.05, 0) is 19.3 Å². The van der Waals surface area contributed by atoms with Gasteiger partial charge in [0, 0.05) is 26.7 Å². The van der Waals surface area contributed by atoms with Crippen LogP contribution in [-0.2, 0) is 57.1 Å². The lowest BCUT2D eigenvalue weighted by molar-refractivity contribution is -0.401. The number of unbranched alkanes of at least 4 members (excludes halogenated alkanes) is 32. The van der Waals surface area contributed by atoms with Crippen LogP contribution in [-0.4, -0.2) is 269 Å². The molecule has 4 aliphatic rings. The number of rotatable bonds is 56. The van der Waals surface area contributed by atoms with Crippen LogP contribution in [0, 0.1) is 0 Å². The molecule has 29 heteroatoms. The number of amides is 3. The van der Waals surface area contributed by atoms with Gasteiger partial charge in [0.25, 0.3) is 5.79 Å².